The van der Waals surface area contributed by atoms with E-state index < -0.39 is 0 Å². The second-order valence-corrected chi connectivity index (χ2v) is 4.91. The highest BCUT2D eigenvalue weighted by Gasteiger charge is 2.22. The van der Waals surface area contributed by atoms with Gasteiger partial charge in [-0.2, -0.15) is 4.98 Å². The normalized spacial score (nSPS) is 19.2. The lowest BCUT2D eigenvalue weighted by atomic mass is 10.1. The van der Waals surface area contributed by atoms with Crippen molar-refractivity contribution in [2.45, 2.75) is 12.5 Å². The minimum atomic E-state index is -0.372. The largest absolute Gasteiger partial charge is 0.378 e. The molecule has 0 aliphatic carbocycles. The monoisotopic (exact) mass is 297 g/mol. The molecule has 20 heavy (non-hydrogen) atoms. The van der Waals surface area contributed by atoms with Gasteiger partial charge in [0.2, 0.25) is 5.89 Å². The summed E-state index contributed by atoms with van der Waals surface area (Å²) < 4.78 is 24.2. The third kappa shape index (κ3) is 2.82. The van der Waals surface area contributed by atoms with Crippen molar-refractivity contribution in [1.82, 2.24) is 15.5 Å². The van der Waals surface area contributed by atoms with Gasteiger partial charge in [-0.1, -0.05) is 22.8 Å². The van der Waals surface area contributed by atoms with Gasteiger partial charge in [0.25, 0.3) is 0 Å². The molecule has 0 spiro atoms. The van der Waals surface area contributed by atoms with Crippen LogP contribution in [0, 0.1) is 5.82 Å². The summed E-state index contributed by atoms with van der Waals surface area (Å²) in [6, 6.07) is 4.45. The maximum Gasteiger partial charge on any atom is 0.246 e. The first-order valence-electron chi connectivity index (χ1n) is 6.30. The van der Waals surface area contributed by atoms with E-state index in [0.717, 1.165) is 6.54 Å². The lowest BCUT2D eigenvalue weighted by Crippen LogP contribution is -2.34. The van der Waals surface area contributed by atoms with E-state index in [1.54, 1.807) is 12.1 Å². The van der Waals surface area contributed by atoms with Crippen molar-refractivity contribution in [2.75, 3.05) is 19.8 Å². The molecule has 1 unspecified atom stereocenters. The Morgan fingerprint density at radius 1 is 1.45 bits per heavy atom. The molecule has 0 saturated carbocycles. The van der Waals surface area contributed by atoms with Crippen LogP contribution in [0.5, 0.6) is 0 Å². The van der Waals surface area contributed by atoms with E-state index in [4.69, 9.17) is 20.9 Å². The molecule has 0 bridgehead atoms. The first-order chi connectivity index (χ1) is 9.74. The van der Waals surface area contributed by atoms with E-state index in [1.165, 1.54) is 6.07 Å². The minimum Gasteiger partial charge on any atom is -0.378 e. The quantitative estimate of drug-likeness (QED) is 0.940. The van der Waals surface area contributed by atoms with Crippen LogP contribution in [-0.2, 0) is 11.2 Å². The third-order valence-electron chi connectivity index (χ3n) is 3.10. The second-order valence-electron chi connectivity index (χ2n) is 4.51. The van der Waals surface area contributed by atoms with E-state index >= 15 is 0 Å². The van der Waals surface area contributed by atoms with Gasteiger partial charge in [0, 0.05) is 23.6 Å². The molecule has 1 fully saturated rings. The van der Waals surface area contributed by atoms with Gasteiger partial charge in [-0.25, -0.2) is 4.39 Å². The molecule has 1 aromatic heterocycles. The van der Waals surface area contributed by atoms with Crippen molar-refractivity contribution in [3.63, 3.8) is 0 Å². The first-order valence-corrected chi connectivity index (χ1v) is 6.68. The van der Waals surface area contributed by atoms with Gasteiger partial charge in [0.1, 0.15) is 11.9 Å². The first kappa shape index (κ1) is 13.5. The van der Waals surface area contributed by atoms with E-state index in [0.29, 0.717) is 35.5 Å². The number of aromatic nitrogens is 2. The highest BCUT2D eigenvalue weighted by Crippen LogP contribution is 2.22. The Morgan fingerprint density at radius 3 is 3.10 bits per heavy atom. The minimum absolute atomic E-state index is 0.110. The SMILES string of the molecule is Fc1cccc(Cl)c1Cc1noc(C2COCCN2)n1. The number of hydrogen-bond acceptors (Lipinski definition) is 5. The van der Waals surface area contributed by atoms with Gasteiger partial charge in [-0.05, 0) is 12.1 Å². The summed E-state index contributed by atoms with van der Waals surface area (Å²) in [4.78, 5) is 4.27. The number of halogens is 2. The molecule has 2 heterocycles. The number of nitrogens with one attached hydrogen (secondary N) is 1. The summed E-state index contributed by atoms with van der Waals surface area (Å²) in [6.07, 6.45) is 0.197. The topological polar surface area (TPSA) is 60.2 Å². The average Bonchev–Trinajstić information content (AvgIpc) is 2.93. The summed E-state index contributed by atoms with van der Waals surface area (Å²) in [7, 11) is 0. The zero-order valence-electron chi connectivity index (χ0n) is 10.6. The van der Waals surface area contributed by atoms with Gasteiger partial charge in [0.15, 0.2) is 5.82 Å². The third-order valence-corrected chi connectivity index (χ3v) is 3.45. The van der Waals surface area contributed by atoms with Crippen molar-refractivity contribution >= 4 is 11.6 Å². The van der Waals surface area contributed by atoms with Crippen molar-refractivity contribution in [3.8, 4) is 0 Å². The second kappa shape index (κ2) is 5.87. The molecule has 1 aliphatic heterocycles. The Hall–Kier alpha value is -1.50. The fourth-order valence-electron chi connectivity index (χ4n) is 2.06. The number of morpholine rings is 1. The van der Waals surface area contributed by atoms with Crippen molar-refractivity contribution in [3.05, 3.63) is 46.3 Å². The standard InChI is InChI=1S/C13H13ClFN3O2/c14-9-2-1-3-10(15)8(9)6-12-17-13(20-18-12)11-7-19-5-4-16-11/h1-3,11,16H,4-7H2. The smallest absolute Gasteiger partial charge is 0.246 e. The van der Waals surface area contributed by atoms with Crippen molar-refractivity contribution in [2.24, 2.45) is 0 Å². The van der Waals surface area contributed by atoms with Crippen molar-refractivity contribution in [1.29, 1.82) is 0 Å². The van der Waals surface area contributed by atoms with Crippen LogP contribution in [0.25, 0.3) is 0 Å². The van der Waals surface area contributed by atoms with Gasteiger partial charge in [-0.3, -0.25) is 0 Å². The molecule has 1 saturated heterocycles. The Balaban J connectivity index is 1.77. The maximum absolute atomic E-state index is 13.7. The highest BCUT2D eigenvalue weighted by atomic mass is 35.5. The van der Waals surface area contributed by atoms with Crippen LogP contribution in [0.1, 0.15) is 23.3 Å². The highest BCUT2D eigenvalue weighted by molar-refractivity contribution is 6.31. The molecule has 1 aromatic carbocycles. The van der Waals surface area contributed by atoms with Gasteiger partial charge in [0.05, 0.1) is 13.2 Å². The molecule has 7 heteroatoms. The molecular formula is C13H13ClFN3O2. The molecule has 1 N–H and O–H groups in total. The van der Waals surface area contributed by atoms with Gasteiger partial charge in [-0.15, -0.1) is 0 Å². The predicted molar refractivity (Wildman–Crippen MR) is 70.1 cm³/mol. The molecule has 106 valence electrons. The lowest BCUT2D eigenvalue weighted by molar-refractivity contribution is 0.0659. The van der Waals surface area contributed by atoms with Crippen LogP contribution in [0.15, 0.2) is 22.7 Å². The van der Waals surface area contributed by atoms with Crippen LogP contribution in [0.3, 0.4) is 0 Å². The molecule has 3 rings (SSSR count). The molecule has 0 amide bonds. The fraction of sp³-hybridized carbons (Fsp3) is 0.385. The molecule has 1 aliphatic rings. The van der Waals surface area contributed by atoms with Crippen LogP contribution in [0.4, 0.5) is 4.39 Å². The van der Waals surface area contributed by atoms with E-state index in [9.17, 15) is 4.39 Å². The summed E-state index contributed by atoms with van der Waals surface area (Å²) >= 11 is 5.98. The number of hydrogen-bond donors (Lipinski definition) is 1. The van der Waals surface area contributed by atoms with E-state index in [-0.39, 0.29) is 18.3 Å². The summed E-state index contributed by atoms with van der Waals surface area (Å²) in [6.45, 7) is 1.89. The zero-order chi connectivity index (χ0) is 13.9. The Labute approximate surface area is 120 Å². The van der Waals surface area contributed by atoms with Gasteiger partial charge >= 0.3 is 0 Å². The number of benzene rings is 1. The molecule has 2 aromatic rings. The fourth-order valence-corrected chi connectivity index (χ4v) is 2.29. The van der Waals surface area contributed by atoms with Crippen LogP contribution in [-0.4, -0.2) is 29.9 Å². The molecule has 5 nitrogen and oxygen atoms in total. The Kier molecular flexibility index (Phi) is 3.95. The summed E-state index contributed by atoms with van der Waals surface area (Å²) in [5, 5.41) is 7.43. The Bertz CT molecular complexity index is 579. The van der Waals surface area contributed by atoms with E-state index in [2.05, 4.69) is 15.5 Å². The predicted octanol–water partition coefficient (Wildman–Crippen LogP) is 2.11. The number of ether oxygens (including phenoxy) is 1. The number of rotatable bonds is 3. The van der Waals surface area contributed by atoms with Crippen molar-refractivity contribution < 1.29 is 13.7 Å². The summed E-state index contributed by atoms with van der Waals surface area (Å²) in [5.41, 5.74) is 0.370. The van der Waals surface area contributed by atoms with Crippen LogP contribution >= 0.6 is 11.6 Å². The van der Waals surface area contributed by atoms with E-state index in [1.807, 2.05) is 0 Å². The average molecular weight is 298 g/mol. The lowest BCUT2D eigenvalue weighted by Gasteiger charge is -2.20. The zero-order valence-corrected chi connectivity index (χ0v) is 11.4. The summed E-state index contributed by atoms with van der Waals surface area (Å²) in [5.74, 6) is 0.481. The molecule has 1 atom stereocenters. The maximum atomic E-state index is 13.7. The molecular weight excluding hydrogens is 285 g/mol. The van der Waals surface area contributed by atoms with Crippen LogP contribution < -0.4 is 5.32 Å². The molecule has 0 radical (unpaired) electrons. The van der Waals surface area contributed by atoms with Crippen LogP contribution in [0.2, 0.25) is 5.02 Å². The van der Waals surface area contributed by atoms with Gasteiger partial charge < -0.3 is 14.6 Å². The Morgan fingerprint density at radius 2 is 2.35 bits per heavy atom. The number of nitrogens with zero attached hydrogens (tertiary/aromatic N) is 2.